The summed E-state index contributed by atoms with van der Waals surface area (Å²) < 4.78 is 13.1. The molecule has 0 fully saturated rings. The Labute approximate surface area is 120 Å². The zero-order valence-corrected chi connectivity index (χ0v) is 11.1. The minimum absolute atomic E-state index is 0.201. The fourth-order valence-electron chi connectivity index (χ4n) is 1.86. The fourth-order valence-corrected chi connectivity index (χ4v) is 1.86. The van der Waals surface area contributed by atoms with Crippen molar-refractivity contribution in [1.29, 1.82) is 5.26 Å². The summed E-state index contributed by atoms with van der Waals surface area (Å²) in [6.45, 7) is 1.73. The van der Waals surface area contributed by atoms with Gasteiger partial charge in [-0.15, -0.1) is 0 Å². The summed E-state index contributed by atoms with van der Waals surface area (Å²) in [5, 5.41) is 22.8. The van der Waals surface area contributed by atoms with Crippen LogP contribution in [0.25, 0.3) is 0 Å². The number of halogens is 1. The van der Waals surface area contributed by atoms with Crippen LogP contribution in [0.2, 0.25) is 0 Å². The number of nitro groups is 1. The van der Waals surface area contributed by atoms with Crippen molar-refractivity contribution in [3.05, 3.63) is 63.7 Å². The van der Waals surface area contributed by atoms with Crippen LogP contribution in [-0.4, -0.2) is 9.91 Å². The molecule has 6 nitrogen and oxygen atoms in total. The predicted octanol–water partition coefficient (Wildman–Crippen LogP) is 3.17. The molecule has 0 saturated heterocycles. The zero-order valence-electron chi connectivity index (χ0n) is 11.1. The van der Waals surface area contributed by atoms with Gasteiger partial charge in [-0.3, -0.25) is 15.1 Å². The molecular formula is C14H11FN4O2. The zero-order chi connectivity index (χ0) is 15.4. The second-order valence-electron chi connectivity index (χ2n) is 4.40. The first-order valence-electron chi connectivity index (χ1n) is 6.07. The summed E-state index contributed by atoms with van der Waals surface area (Å²) in [6.07, 6.45) is 2.57. The largest absolute Gasteiger partial charge is 0.373 e. The van der Waals surface area contributed by atoms with E-state index in [1.807, 2.05) is 6.07 Å². The third-order valence-electron chi connectivity index (χ3n) is 2.92. The van der Waals surface area contributed by atoms with E-state index in [1.165, 1.54) is 30.5 Å². The van der Waals surface area contributed by atoms with Gasteiger partial charge in [-0.1, -0.05) is 0 Å². The molecular weight excluding hydrogens is 275 g/mol. The average Bonchev–Trinajstić information content (AvgIpc) is 2.47. The first-order chi connectivity index (χ1) is 10.0. The Kier molecular flexibility index (Phi) is 4.09. The van der Waals surface area contributed by atoms with Crippen molar-refractivity contribution in [3.8, 4) is 6.07 Å². The van der Waals surface area contributed by atoms with Gasteiger partial charge in [-0.2, -0.15) is 5.26 Å². The maximum Gasteiger partial charge on any atom is 0.293 e. The van der Waals surface area contributed by atoms with Gasteiger partial charge in [0.05, 0.1) is 28.8 Å². The highest BCUT2D eigenvalue weighted by Gasteiger charge is 2.17. The molecule has 2 rings (SSSR count). The molecule has 0 aliphatic rings. The lowest BCUT2D eigenvalue weighted by atomic mass is 10.1. The third-order valence-corrected chi connectivity index (χ3v) is 2.92. The number of nitro benzene ring substituents is 1. The Bertz CT molecular complexity index is 727. The molecule has 0 bridgehead atoms. The summed E-state index contributed by atoms with van der Waals surface area (Å²) >= 11 is 0. The Morgan fingerprint density at radius 1 is 1.43 bits per heavy atom. The van der Waals surface area contributed by atoms with Crippen LogP contribution in [0.4, 0.5) is 15.8 Å². The molecule has 2 aromatic rings. The van der Waals surface area contributed by atoms with Crippen molar-refractivity contribution in [2.75, 3.05) is 5.32 Å². The van der Waals surface area contributed by atoms with Gasteiger partial charge >= 0.3 is 0 Å². The van der Waals surface area contributed by atoms with E-state index in [2.05, 4.69) is 10.3 Å². The number of rotatable bonds is 4. The number of nitrogens with one attached hydrogen (secondary N) is 1. The number of hydrogen-bond donors (Lipinski definition) is 1. The Morgan fingerprint density at radius 2 is 2.19 bits per heavy atom. The Hall–Kier alpha value is -3.01. The van der Waals surface area contributed by atoms with Crippen molar-refractivity contribution in [2.45, 2.75) is 13.0 Å². The summed E-state index contributed by atoms with van der Waals surface area (Å²) in [5.41, 5.74) is 0.821. The maximum absolute atomic E-state index is 13.1. The molecule has 1 atom stereocenters. The number of aromatic nitrogens is 1. The van der Waals surface area contributed by atoms with E-state index in [1.54, 1.807) is 6.92 Å². The van der Waals surface area contributed by atoms with Gasteiger partial charge in [0.15, 0.2) is 0 Å². The fraction of sp³-hybridized carbons (Fsp3) is 0.143. The van der Waals surface area contributed by atoms with Crippen molar-refractivity contribution >= 4 is 11.4 Å². The van der Waals surface area contributed by atoms with Gasteiger partial charge in [0.2, 0.25) is 0 Å². The lowest BCUT2D eigenvalue weighted by molar-refractivity contribution is -0.384. The molecule has 1 aromatic heterocycles. The summed E-state index contributed by atoms with van der Waals surface area (Å²) in [7, 11) is 0. The molecule has 1 N–H and O–H groups in total. The predicted molar refractivity (Wildman–Crippen MR) is 74.0 cm³/mol. The molecule has 7 heteroatoms. The summed E-state index contributed by atoms with van der Waals surface area (Å²) in [5.74, 6) is -0.476. The number of nitriles is 1. The van der Waals surface area contributed by atoms with Gasteiger partial charge in [0.25, 0.3) is 5.69 Å². The first kappa shape index (κ1) is 14.4. The van der Waals surface area contributed by atoms with Crippen LogP contribution >= 0.6 is 0 Å². The topological polar surface area (TPSA) is 91.8 Å². The number of hydrogen-bond acceptors (Lipinski definition) is 5. The summed E-state index contributed by atoms with van der Waals surface area (Å²) in [6, 6.07) is 6.91. The van der Waals surface area contributed by atoms with Gasteiger partial charge in [-0.05, 0) is 30.7 Å². The molecule has 106 valence electrons. The van der Waals surface area contributed by atoms with E-state index in [0.29, 0.717) is 5.56 Å². The molecule has 0 spiro atoms. The normalized spacial score (nSPS) is 11.5. The van der Waals surface area contributed by atoms with Crippen LogP contribution in [-0.2, 0) is 0 Å². The molecule has 1 unspecified atom stereocenters. The van der Waals surface area contributed by atoms with Crippen LogP contribution in [0.5, 0.6) is 0 Å². The van der Waals surface area contributed by atoms with Crippen molar-refractivity contribution in [1.82, 2.24) is 4.98 Å². The van der Waals surface area contributed by atoms with Gasteiger partial charge in [0.1, 0.15) is 11.5 Å². The standard InChI is InChI=1S/C14H11FN4O2/c1-9(11-5-12(15)8-17-7-11)18-13-3-2-10(6-16)4-14(13)19(20)21/h2-5,7-9,18H,1H3. The molecule has 21 heavy (non-hydrogen) atoms. The Balaban J connectivity index is 2.31. The molecule has 0 amide bonds. The second kappa shape index (κ2) is 5.96. The number of benzene rings is 1. The minimum Gasteiger partial charge on any atom is -0.373 e. The van der Waals surface area contributed by atoms with Crippen LogP contribution in [0.3, 0.4) is 0 Å². The van der Waals surface area contributed by atoms with E-state index in [4.69, 9.17) is 5.26 Å². The van der Waals surface area contributed by atoms with Crippen molar-refractivity contribution in [3.63, 3.8) is 0 Å². The third kappa shape index (κ3) is 3.30. The highest BCUT2D eigenvalue weighted by molar-refractivity contribution is 5.64. The lowest BCUT2D eigenvalue weighted by Crippen LogP contribution is -2.09. The molecule has 0 aliphatic heterocycles. The van der Waals surface area contributed by atoms with Crippen LogP contribution in [0, 0.1) is 27.3 Å². The van der Waals surface area contributed by atoms with E-state index in [-0.39, 0.29) is 23.0 Å². The monoisotopic (exact) mass is 286 g/mol. The molecule has 1 heterocycles. The lowest BCUT2D eigenvalue weighted by Gasteiger charge is -2.15. The maximum atomic E-state index is 13.1. The molecule has 0 aliphatic carbocycles. The quantitative estimate of drug-likeness (QED) is 0.688. The Morgan fingerprint density at radius 3 is 2.81 bits per heavy atom. The van der Waals surface area contributed by atoms with Crippen molar-refractivity contribution in [2.24, 2.45) is 0 Å². The summed E-state index contributed by atoms with van der Waals surface area (Å²) in [4.78, 5) is 14.2. The van der Waals surface area contributed by atoms with Gasteiger partial charge in [0, 0.05) is 12.3 Å². The minimum atomic E-state index is -0.570. The number of pyridine rings is 1. The number of nitrogens with zero attached hydrogens (tertiary/aromatic N) is 3. The second-order valence-corrected chi connectivity index (χ2v) is 4.40. The average molecular weight is 286 g/mol. The SMILES string of the molecule is CC(Nc1ccc(C#N)cc1[N+](=O)[O-])c1cncc(F)c1. The molecule has 1 aromatic carbocycles. The van der Waals surface area contributed by atoms with Gasteiger partial charge < -0.3 is 5.32 Å². The molecule has 0 radical (unpaired) electrons. The van der Waals surface area contributed by atoms with E-state index in [9.17, 15) is 14.5 Å². The van der Waals surface area contributed by atoms with E-state index in [0.717, 1.165) is 6.20 Å². The van der Waals surface area contributed by atoms with E-state index < -0.39 is 10.7 Å². The number of anilines is 1. The van der Waals surface area contributed by atoms with Crippen molar-refractivity contribution < 1.29 is 9.31 Å². The smallest absolute Gasteiger partial charge is 0.293 e. The highest BCUT2D eigenvalue weighted by atomic mass is 19.1. The van der Waals surface area contributed by atoms with Crippen LogP contribution < -0.4 is 5.32 Å². The van der Waals surface area contributed by atoms with Gasteiger partial charge in [-0.25, -0.2) is 4.39 Å². The molecule has 0 saturated carbocycles. The van der Waals surface area contributed by atoms with Crippen LogP contribution in [0.1, 0.15) is 24.1 Å². The highest BCUT2D eigenvalue weighted by Crippen LogP contribution is 2.29. The van der Waals surface area contributed by atoms with E-state index >= 15 is 0 Å². The van der Waals surface area contributed by atoms with Crippen LogP contribution in [0.15, 0.2) is 36.7 Å². The first-order valence-corrected chi connectivity index (χ1v) is 6.07.